The van der Waals surface area contributed by atoms with Crippen LogP contribution in [-0.2, 0) is 0 Å². The maximum Gasteiger partial charge on any atom is 0.258 e. The van der Waals surface area contributed by atoms with Crippen molar-refractivity contribution in [3.8, 4) is 11.5 Å². The van der Waals surface area contributed by atoms with Gasteiger partial charge in [-0.15, -0.1) is 0 Å². The molecule has 5 heteroatoms. The Bertz CT molecular complexity index is 580. The lowest BCUT2D eigenvalue weighted by Gasteiger charge is -2.16. The van der Waals surface area contributed by atoms with Gasteiger partial charge in [0.2, 0.25) is 6.79 Å². The molecule has 0 atom stereocenters. The number of carbonyl (C=O) groups excluding carboxylic acids is 1. The Kier molecular flexibility index (Phi) is 2.68. The predicted octanol–water partition coefficient (Wildman–Crippen LogP) is 2.75. The summed E-state index contributed by atoms with van der Waals surface area (Å²) in [4.78, 5) is 13.8. The monoisotopic (exact) mass is 261 g/mol. The molecule has 0 unspecified atom stereocenters. The maximum absolute atomic E-state index is 12.2. The second kappa shape index (κ2) is 4.34. The van der Waals surface area contributed by atoms with E-state index in [2.05, 4.69) is 0 Å². The Balaban J connectivity index is 1.88. The highest BCUT2D eigenvalue weighted by Crippen LogP contribution is 2.35. The quantitative estimate of drug-likeness (QED) is 0.834. The van der Waals surface area contributed by atoms with Crippen LogP contribution in [0.2, 0.25) is 0 Å². The molecule has 0 bridgehead atoms. The number of hydrogen-bond acceptors (Lipinski definition) is 4. The van der Waals surface area contributed by atoms with Crippen LogP contribution in [0.1, 0.15) is 10.4 Å². The SMILES string of the molecule is CN(C(=O)c1ccsc1)c1ccc2c(c1)OCO2. The fourth-order valence-electron chi connectivity index (χ4n) is 1.79. The first kappa shape index (κ1) is 11.1. The average molecular weight is 261 g/mol. The molecule has 0 aliphatic carbocycles. The molecule has 1 aliphatic heterocycles. The number of hydrogen-bond donors (Lipinski definition) is 0. The van der Waals surface area contributed by atoms with Gasteiger partial charge in [-0.1, -0.05) is 0 Å². The van der Waals surface area contributed by atoms with Gasteiger partial charge in [-0.3, -0.25) is 4.79 Å². The van der Waals surface area contributed by atoms with Gasteiger partial charge in [-0.2, -0.15) is 11.3 Å². The molecule has 1 amide bonds. The fraction of sp³-hybridized carbons (Fsp3) is 0.154. The Labute approximate surface area is 108 Å². The Morgan fingerprint density at radius 2 is 2.11 bits per heavy atom. The highest BCUT2D eigenvalue weighted by atomic mass is 32.1. The van der Waals surface area contributed by atoms with Gasteiger partial charge in [0.1, 0.15) is 0 Å². The van der Waals surface area contributed by atoms with Gasteiger partial charge in [0, 0.05) is 24.2 Å². The molecular weight excluding hydrogens is 250 g/mol. The number of nitrogens with zero attached hydrogens (tertiary/aromatic N) is 1. The van der Waals surface area contributed by atoms with Crippen LogP contribution in [0.3, 0.4) is 0 Å². The maximum atomic E-state index is 12.2. The smallest absolute Gasteiger partial charge is 0.258 e. The van der Waals surface area contributed by atoms with E-state index in [1.165, 1.54) is 11.3 Å². The number of thiophene rings is 1. The van der Waals surface area contributed by atoms with Gasteiger partial charge in [0.15, 0.2) is 11.5 Å². The summed E-state index contributed by atoms with van der Waals surface area (Å²) < 4.78 is 10.5. The molecule has 1 aromatic heterocycles. The van der Waals surface area contributed by atoms with Crippen molar-refractivity contribution in [1.82, 2.24) is 0 Å². The lowest BCUT2D eigenvalue weighted by Crippen LogP contribution is -2.25. The minimum absolute atomic E-state index is 0.0323. The molecule has 0 spiro atoms. The van der Waals surface area contributed by atoms with Crippen molar-refractivity contribution in [2.75, 3.05) is 18.7 Å². The van der Waals surface area contributed by atoms with E-state index in [-0.39, 0.29) is 12.7 Å². The second-order valence-electron chi connectivity index (χ2n) is 3.91. The third-order valence-corrected chi connectivity index (χ3v) is 3.50. The molecule has 4 nitrogen and oxygen atoms in total. The van der Waals surface area contributed by atoms with Crippen LogP contribution in [0.25, 0.3) is 0 Å². The molecule has 2 aromatic rings. The number of amides is 1. The van der Waals surface area contributed by atoms with Crippen molar-refractivity contribution in [3.63, 3.8) is 0 Å². The number of fused-ring (bicyclic) bond motifs is 1. The number of anilines is 1. The molecule has 0 saturated carbocycles. The fourth-order valence-corrected chi connectivity index (χ4v) is 2.42. The van der Waals surface area contributed by atoms with Crippen LogP contribution in [-0.4, -0.2) is 19.7 Å². The molecule has 0 saturated heterocycles. The van der Waals surface area contributed by atoms with E-state index >= 15 is 0 Å². The van der Waals surface area contributed by atoms with Crippen LogP contribution < -0.4 is 14.4 Å². The van der Waals surface area contributed by atoms with E-state index in [0.717, 1.165) is 11.4 Å². The summed E-state index contributed by atoms with van der Waals surface area (Å²) >= 11 is 1.51. The first-order valence-corrected chi connectivity index (χ1v) is 6.40. The van der Waals surface area contributed by atoms with E-state index < -0.39 is 0 Å². The minimum atomic E-state index is -0.0323. The largest absolute Gasteiger partial charge is 0.454 e. The van der Waals surface area contributed by atoms with Gasteiger partial charge >= 0.3 is 0 Å². The normalized spacial score (nSPS) is 12.5. The van der Waals surface area contributed by atoms with E-state index in [9.17, 15) is 4.79 Å². The van der Waals surface area contributed by atoms with Gasteiger partial charge in [-0.25, -0.2) is 0 Å². The molecule has 1 aliphatic rings. The highest BCUT2D eigenvalue weighted by Gasteiger charge is 2.18. The van der Waals surface area contributed by atoms with Crippen LogP contribution >= 0.6 is 11.3 Å². The van der Waals surface area contributed by atoms with E-state index in [1.54, 1.807) is 11.9 Å². The van der Waals surface area contributed by atoms with Crippen molar-refractivity contribution in [2.45, 2.75) is 0 Å². The second-order valence-corrected chi connectivity index (χ2v) is 4.69. The summed E-state index contributed by atoms with van der Waals surface area (Å²) in [5.74, 6) is 1.36. The van der Waals surface area contributed by atoms with Crippen molar-refractivity contribution < 1.29 is 14.3 Å². The van der Waals surface area contributed by atoms with E-state index in [4.69, 9.17) is 9.47 Å². The zero-order valence-corrected chi connectivity index (χ0v) is 10.6. The Morgan fingerprint density at radius 3 is 2.89 bits per heavy atom. The van der Waals surface area contributed by atoms with Crippen LogP contribution in [0.5, 0.6) is 11.5 Å². The molecule has 0 N–H and O–H groups in total. The summed E-state index contributed by atoms with van der Waals surface area (Å²) in [5.41, 5.74) is 1.48. The molecule has 0 radical (unpaired) electrons. The molecule has 0 fully saturated rings. The van der Waals surface area contributed by atoms with Gasteiger partial charge in [0.05, 0.1) is 5.56 Å². The molecule has 1 aromatic carbocycles. The van der Waals surface area contributed by atoms with Crippen LogP contribution in [0.15, 0.2) is 35.0 Å². The van der Waals surface area contributed by atoms with Crippen LogP contribution in [0.4, 0.5) is 5.69 Å². The molecule has 3 rings (SSSR count). The van der Waals surface area contributed by atoms with Crippen molar-refractivity contribution in [1.29, 1.82) is 0 Å². The van der Waals surface area contributed by atoms with Crippen molar-refractivity contribution in [3.05, 3.63) is 40.6 Å². The number of benzene rings is 1. The third-order valence-electron chi connectivity index (χ3n) is 2.82. The van der Waals surface area contributed by atoms with E-state index in [1.807, 2.05) is 35.0 Å². The topological polar surface area (TPSA) is 38.8 Å². The molecule has 18 heavy (non-hydrogen) atoms. The lowest BCUT2D eigenvalue weighted by atomic mass is 10.2. The average Bonchev–Trinajstić information content (AvgIpc) is 3.06. The zero-order chi connectivity index (χ0) is 12.5. The lowest BCUT2D eigenvalue weighted by molar-refractivity contribution is 0.0993. The van der Waals surface area contributed by atoms with Crippen molar-refractivity contribution in [2.24, 2.45) is 0 Å². The summed E-state index contributed by atoms with van der Waals surface area (Å²) in [7, 11) is 1.75. The summed E-state index contributed by atoms with van der Waals surface area (Å²) in [6.07, 6.45) is 0. The summed E-state index contributed by atoms with van der Waals surface area (Å²) in [6.45, 7) is 0.237. The van der Waals surface area contributed by atoms with E-state index in [0.29, 0.717) is 11.3 Å². The van der Waals surface area contributed by atoms with Gasteiger partial charge in [-0.05, 0) is 23.6 Å². The molecule has 92 valence electrons. The first-order valence-electron chi connectivity index (χ1n) is 5.45. The summed E-state index contributed by atoms with van der Waals surface area (Å²) in [5, 5.41) is 3.73. The third kappa shape index (κ3) is 1.82. The molecule has 2 heterocycles. The highest BCUT2D eigenvalue weighted by molar-refractivity contribution is 7.08. The van der Waals surface area contributed by atoms with Crippen LogP contribution in [0, 0.1) is 0 Å². The Hall–Kier alpha value is -2.01. The standard InChI is InChI=1S/C13H11NO3S/c1-14(13(15)9-4-5-18-7-9)10-2-3-11-12(6-10)17-8-16-11/h2-7H,8H2,1H3. The van der Waals surface area contributed by atoms with Crippen molar-refractivity contribution >= 4 is 22.9 Å². The van der Waals surface area contributed by atoms with Gasteiger partial charge < -0.3 is 14.4 Å². The first-order chi connectivity index (χ1) is 8.75. The zero-order valence-electron chi connectivity index (χ0n) is 9.75. The molecular formula is C13H11NO3S. The minimum Gasteiger partial charge on any atom is -0.454 e. The van der Waals surface area contributed by atoms with Gasteiger partial charge in [0.25, 0.3) is 5.91 Å². The predicted molar refractivity (Wildman–Crippen MR) is 69.6 cm³/mol. The summed E-state index contributed by atoms with van der Waals surface area (Å²) in [6, 6.07) is 7.29. The number of ether oxygens (including phenoxy) is 2. The Morgan fingerprint density at radius 1 is 1.28 bits per heavy atom. The number of rotatable bonds is 2. The number of carbonyl (C=O) groups is 1.